The van der Waals surface area contributed by atoms with Crippen LogP contribution in [0.3, 0.4) is 0 Å². The molecule has 0 atom stereocenters. The minimum Gasteiger partial charge on any atom is -0.477 e. The number of nitrogens with zero attached hydrogens (tertiary/aromatic N) is 4. The summed E-state index contributed by atoms with van der Waals surface area (Å²) in [5.41, 5.74) is 1.30. The zero-order chi connectivity index (χ0) is 18.5. The highest BCUT2D eigenvalue weighted by Gasteiger charge is 2.21. The van der Waals surface area contributed by atoms with Crippen LogP contribution in [0.15, 0.2) is 48.7 Å². The average molecular weight is 353 g/mol. The number of carbonyl (C=O) groups excluding carboxylic acids is 1. The molecule has 1 amide bonds. The fraction of sp³-hybridized carbons (Fsp3) is 0.118. The van der Waals surface area contributed by atoms with Gasteiger partial charge >= 0.3 is 12.1 Å². The molecule has 0 aliphatic carbocycles. The van der Waals surface area contributed by atoms with Crippen molar-refractivity contribution < 1.29 is 19.4 Å². The molecule has 9 heteroatoms. The molecule has 2 N–H and O–H groups in total. The molecule has 9 nitrogen and oxygen atoms in total. The van der Waals surface area contributed by atoms with Gasteiger partial charge in [-0.25, -0.2) is 9.59 Å². The Kier molecular flexibility index (Phi) is 4.88. The van der Waals surface area contributed by atoms with Gasteiger partial charge in [-0.1, -0.05) is 30.3 Å². The van der Waals surface area contributed by atoms with E-state index in [0.29, 0.717) is 5.69 Å². The standard InChI is InChI=1S/C17H15N5O4/c1-11-7-8-14(21-20-11)22-15(13(9-18-22)16(23)24)19-17(25)26-10-12-5-3-2-4-6-12/h2-9H,10H2,1H3,(H,19,25)(H,23,24). The Morgan fingerprint density at radius 3 is 2.58 bits per heavy atom. The van der Waals surface area contributed by atoms with Crippen LogP contribution >= 0.6 is 0 Å². The number of ether oxygens (including phenoxy) is 1. The van der Waals surface area contributed by atoms with E-state index in [4.69, 9.17) is 4.74 Å². The van der Waals surface area contributed by atoms with Crippen molar-refractivity contribution in [3.8, 4) is 5.82 Å². The number of aryl methyl sites for hydroxylation is 1. The van der Waals surface area contributed by atoms with Crippen molar-refractivity contribution in [3.63, 3.8) is 0 Å². The van der Waals surface area contributed by atoms with Crippen molar-refractivity contribution in [2.45, 2.75) is 13.5 Å². The Labute approximate surface area is 148 Å². The van der Waals surface area contributed by atoms with Crippen molar-refractivity contribution in [1.82, 2.24) is 20.0 Å². The predicted octanol–water partition coefficient (Wildman–Crippen LogP) is 2.42. The van der Waals surface area contributed by atoms with Gasteiger partial charge in [0.05, 0.1) is 11.9 Å². The number of hydrogen-bond donors (Lipinski definition) is 2. The SMILES string of the molecule is Cc1ccc(-n2ncc(C(=O)O)c2NC(=O)OCc2ccccc2)nn1. The highest BCUT2D eigenvalue weighted by atomic mass is 16.5. The first-order valence-corrected chi connectivity index (χ1v) is 7.64. The second-order valence-corrected chi connectivity index (χ2v) is 5.34. The summed E-state index contributed by atoms with van der Waals surface area (Å²) in [6.07, 6.45) is 0.314. The normalized spacial score (nSPS) is 10.3. The molecule has 3 aromatic rings. The van der Waals surface area contributed by atoms with Crippen LogP contribution < -0.4 is 5.32 Å². The summed E-state index contributed by atoms with van der Waals surface area (Å²) in [6.45, 7) is 1.82. The van der Waals surface area contributed by atoms with Crippen molar-refractivity contribution >= 4 is 17.9 Å². The third-order valence-corrected chi connectivity index (χ3v) is 3.43. The van der Waals surface area contributed by atoms with Crippen molar-refractivity contribution in [2.75, 3.05) is 5.32 Å². The molecule has 3 rings (SSSR count). The number of nitrogens with one attached hydrogen (secondary N) is 1. The zero-order valence-corrected chi connectivity index (χ0v) is 13.8. The number of hydrogen-bond acceptors (Lipinski definition) is 6. The molecular formula is C17H15N5O4. The number of amides is 1. The summed E-state index contributed by atoms with van der Waals surface area (Å²) < 4.78 is 6.31. The monoisotopic (exact) mass is 353 g/mol. The van der Waals surface area contributed by atoms with E-state index in [1.807, 2.05) is 30.3 Å². The number of anilines is 1. The van der Waals surface area contributed by atoms with Crippen molar-refractivity contribution in [3.05, 3.63) is 65.5 Å². The molecule has 0 aliphatic rings. The van der Waals surface area contributed by atoms with Crippen LogP contribution in [0, 0.1) is 6.92 Å². The third kappa shape index (κ3) is 3.83. The lowest BCUT2D eigenvalue weighted by Crippen LogP contribution is -2.18. The summed E-state index contributed by atoms with van der Waals surface area (Å²) in [5.74, 6) is -1.04. The lowest BCUT2D eigenvalue weighted by atomic mass is 10.2. The minimum absolute atomic E-state index is 0.0492. The Bertz CT molecular complexity index is 922. The van der Waals surface area contributed by atoms with Crippen LogP contribution in [0.4, 0.5) is 10.6 Å². The van der Waals surface area contributed by atoms with Crippen LogP contribution in [0.5, 0.6) is 0 Å². The van der Waals surface area contributed by atoms with Crippen LogP contribution in [0.2, 0.25) is 0 Å². The molecule has 0 aliphatic heterocycles. The van der Waals surface area contributed by atoms with Crippen LogP contribution in [0.1, 0.15) is 21.6 Å². The summed E-state index contributed by atoms with van der Waals surface area (Å²) in [7, 11) is 0. The number of rotatable bonds is 5. The number of carboxylic acids is 1. The third-order valence-electron chi connectivity index (χ3n) is 3.43. The molecule has 2 heterocycles. The Morgan fingerprint density at radius 1 is 1.15 bits per heavy atom. The van der Waals surface area contributed by atoms with E-state index in [0.717, 1.165) is 11.8 Å². The van der Waals surface area contributed by atoms with Crippen molar-refractivity contribution in [1.29, 1.82) is 0 Å². The maximum absolute atomic E-state index is 12.1. The van der Waals surface area contributed by atoms with Crippen LogP contribution in [-0.2, 0) is 11.3 Å². The largest absolute Gasteiger partial charge is 0.477 e. The molecule has 2 aromatic heterocycles. The average Bonchev–Trinajstić information content (AvgIpc) is 3.05. The van der Waals surface area contributed by atoms with E-state index in [1.165, 1.54) is 4.68 Å². The lowest BCUT2D eigenvalue weighted by molar-refractivity contribution is 0.0698. The topological polar surface area (TPSA) is 119 Å². The number of aromatic carboxylic acids is 1. The maximum Gasteiger partial charge on any atom is 0.413 e. The number of carbonyl (C=O) groups is 2. The van der Waals surface area contributed by atoms with Gasteiger partial charge in [-0.2, -0.15) is 14.9 Å². The number of benzene rings is 1. The van der Waals surface area contributed by atoms with E-state index in [-0.39, 0.29) is 23.8 Å². The van der Waals surface area contributed by atoms with Gasteiger partial charge < -0.3 is 9.84 Å². The molecule has 132 valence electrons. The minimum atomic E-state index is -1.24. The van der Waals surface area contributed by atoms with Gasteiger partial charge in [0.2, 0.25) is 0 Å². The van der Waals surface area contributed by atoms with Gasteiger partial charge in [-0.05, 0) is 24.6 Å². The maximum atomic E-state index is 12.1. The Balaban J connectivity index is 1.81. The van der Waals surface area contributed by atoms with E-state index in [1.54, 1.807) is 19.1 Å². The van der Waals surface area contributed by atoms with Gasteiger partial charge in [-0.15, -0.1) is 5.10 Å². The molecule has 0 saturated heterocycles. The first kappa shape index (κ1) is 17.1. The summed E-state index contributed by atoms with van der Waals surface area (Å²) in [4.78, 5) is 23.5. The second kappa shape index (κ2) is 7.43. The molecule has 1 aromatic carbocycles. The van der Waals surface area contributed by atoms with Crippen LogP contribution in [-0.4, -0.2) is 37.1 Å². The predicted molar refractivity (Wildman–Crippen MR) is 91.1 cm³/mol. The summed E-state index contributed by atoms with van der Waals surface area (Å²) in [6, 6.07) is 12.4. The summed E-state index contributed by atoms with van der Waals surface area (Å²) in [5, 5.41) is 23.5. The lowest BCUT2D eigenvalue weighted by Gasteiger charge is -2.10. The molecule has 0 unspecified atom stereocenters. The van der Waals surface area contributed by atoms with E-state index >= 15 is 0 Å². The first-order chi connectivity index (χ1) is 12.5. The quantitative estimate of drug-likeness (QED) is 0.723. The fourth-order valence-electron chi connectivity index (χ4n) is 2.16. The van der Waals surface area contributed by atoms with E-state index < -0.39 is 12.1 Å². The number of aromatic nitrogens is 4. The number of carboxylic acid groups (broad SMARTS) is 1. The van der Waals surface area contributed by atoms with Gasteiger partial charge in [0.25, 0.3) is 0 Å². The first-order valence-electron chi connectivity index (χ1n) is 7.64. The summed E-state index contributed by atoms with van der Waals surface area (Å²) >= 11 is 0. The highest BCUT2D eigenvalue weighted by molar-refractivity contribution is 5.97. The van der Waals surface area contributed by atoms with E-state index in [2.05, 4.69) is 20.6 Å². The molecular weight excluding hydrogens is 338 g/mol. The fourth-order valence-corrected chi connectivity index (χ4v) is 2.16. The molecule has 0 fully saturated rings. The molecule has 0 saturated carbocycles. The van der Waals surface area contributed by atoms with Gasteiger partial charge in [0.1, 0.15) is 12.2 Å². The van der Waals surface area contributed by atoms with Crippen LogP contribution in [0.25, 0.3) is 5.82 Å². The van der Waals surface area contributed by atoms with Gasteiger partial charge in [-0.3, -0.25) is 5.32 Å². The molecule has 26 heavy (non-hydrogen) atoms. The Morgan fingerprint density at radius 2 is 1.92 bits per heavy atom. The van der Waals surface area contributed by atoms with Crippen molar-refractivity contribution in [2.24, 2.45) is 0 Å². The van der Waals surface area contributed by atoms with Gasteiger partial charge in [0, 0.05) is 0 Å². The zero-order valence-electron chi connectivity index (χ0n) is 13.8. The Hall–Kier alpha value is -3.75. The molecule has 0 spiro atoms. The smallest absolute Gasteiger partial charge is 0.413 e. The van der Waals surface area contributed by atoms with Gasteiger partial charge in [0.15, 0.2) is 11.6 Å². The highest BCUT2D eigenvalue weighted by Crippen LogP contribution is 2.19. The molecule has 0 bridgehead atoms. The van der Waals surface area contributed by atoms with E-state index in [9.17, 15) is 14.7 Å². The molecule has 0 radical (unpaired) electrons. The second-order valence-electron chi connectivity index (χ2n) is 5.34.